The van der Waals surface area contributed by atoms with Crippen molar-refractivity contribution < 1.29 is 4.79 Å². The number of amidine groups is 1. The summed E-state index contributed by atoms with van der Waals surface area (Å²) in [5.74, 6) is 0.264. The van der Waals surface area contributed by atoms with Crippen LogP contribution >= 0.6 is 11.6 Å². The van der Waals surface area contributed by atoms with Crippen molar-refractivity contribution in [3.63, 3.8) is 0 Å². The van der Waals surface area contributed by atoms with E-state index in [1.54, 1.807) is 12.1 Å². The van der Waals surface area contributed by atoms with Crippen LogP contribution in [0.3, 0.4) is 0 Å². The van der Waals surface area contributed by atoms with Crippen LogP contribution in [-0.2, 0) is 4.79 Å². The van der Waals surface area contributed by atoms with Gasteiger partial charge in [0.05, 0.1) is 5.02 Å². The van der Waals surface area contributed by atoms with Crippen LogP contribution in [0.2, 0.25) is 5.02 Å². The zero-order chi connectivity index (χ0) is 16.2. The normalized spacial score (nSPS) is 16.4. The molecule has 1 amide bonds. The fourth-order valence-corrected chi connectivity index (χ4v) is 2.54. The molecule has 0 aromatic heterocycles. The fraction of sp³-hybridized carbons (Fsp3) is 0.0526. The minimum atomic E-state index is -0.222. The van der Waals surface area contributed by atoms with Gasteiger partial charge in [-0.05, 0) is 36.3 Å². The summed E-state index contributed by atoms with van der Waals surface area (Å²) < 4.78 is 0. The van der Waals surface area contributed by atoms with E-state index in [-0.39, 0.29) is 5.91 Å². The molecule has 2 aromatic rings. The second kappa shape index (κ2) is 6.63. The van der Waals surface area contributed by atoms with Crippen LogP contribution in [0, 0.1) is 0 Å². The van der Waals surface area contributed by atoms with E-state index in [1.807, 2.05) is 61.5 Å². The van der Waals surface area contributed by atoms with Crippen molar-refractivity contribution in [1.82, 2.24) is 5.32 Å². The van der Waals surface area contributed by atoms with Gasteiger partial charge in [-0.2, -0.15) is 0 Å². The van der Waals surface area contributed by atoms with Crippen molar-refractivity contribution in [1.29, 1.82) is 0 Å². The maximum Gasteiger partial charge on any atom is 0.275 e. The third kappa shape index (κ3) is 3.58. The fourth-order valence-electron chi connectivity index (χ4n) is 2.32. The Balaban J connectivity index is 1.89. The average molecular weight is 323 g/mol. The first kappa shape index (κ1) is 15.3. The van der Waals surface area contributed by atoms with E-state index in [1.165, 1.54) is 0 Å². The number of carbonyl (C=O) groups is 1. The van der Waals surface area contributed by atoms with Crippen LogP contribution in [0.4, 0.5) is 0 Å². The van der Waals surface area contributed by atoms with Crippen molar-refractivity contribution in [2.24, 2.45) is 4.99 Å². The first-order chi connectivity index (χ1) is 11.1. The molecule has 0 unspecified atom stereocenters. The lowest BCUT2D eigenvalue weighted by Crippen LogP contribution is -2.25. The highest BCUT2D eigenvalue weighted by molar-refractivity contribution is 6.35. The maximum absolute atomic E-state index is 12.1. The SMILES string of the molecule is CC(=Cc1ccccc1)C=C1N=C(c2ccccc2Cl)NC1=O. The number of amides is 1. The molecular formula is C19H15ClN2O. The largest absolute Gasteiger partial charge is 0.305 e. The van der Waals surface area contributed by atoms with Crippen LogP contribution in [0.5, 0.6) is 0 Å². The van der Waals surface area contributed by atoms with Gasteiger partial charge in [-0.15, -0.1) is 0 Å². The number of halogens is 1. The van der Waals surface area contributed by atoms with Gasteiger partial charge in [0, 0.05) is 5.56 Å². The lowest BCUT2D eigenvalue weighted by atomic mass is 10.1. The molecule has 114 valence electrons. The van der Waals surface area contributed by atoms with Gasteiger partial charge in [0.1, 0.15) is 11.5 Å². The Labute approximate surface area is 140 Å². The highest BCUT2D eigenvalue weighted by Gasteiger charge is 2.22. The van der Waals surface area contributed by atoms with E-state index in [0.29, 0.717) is 16.6 Å². The third-order valence-corrected chi connectivity index (χ3v) is 3.71. The topological polar surface area (TPSA) is 41.5 Å². The molecule has 0 spiro atoms. The summed E-state index contributed by atoms with van der Waals surface area (Å²) in [5.41, 5.74) is 3.13. The molecule has 0 aliphatic carbocycles. The molecule has 1 aliphatic heterocycles. The molecule has 3 nitrogen and oxygen atoms in total. The lowest BCUT2D eigenvalue weighted by Gasteiger charge is -2.01. The van der Waals surface area contributed by atoms with E-state index < -0.39 is 0 Å². The van der Waals surface area contributed by atoms with Gasteiger partial charge < -0.3 is 5.32 Å². The van der Waals surface area contributed by atoms with Crippen LogP contribution < -0.4 is 5.32 Å². The molecule has 0 saturated carbocycles. The summed E-state index contributed by atoms with van der Waals surface area (Å²) in [6.45, 7) is 1.94. The molecule has 3 rings (SSSR count). The minimum absolute atomic E-state index is 0.222. The van der Waals surface area contributed by atoms with E-state index in [2.05, 4.69) is 10.3 Å². The standard InChI is InChI=1S/C19H15ClN2O/c1-13(11-14-7-3-2-4-8-14)12-17-19(23)22-18(21-17)15-9-5-6-10-16(15)20/h2-12H,1H3,(H,21,22,23). The van der Waals surface area contributed by atoms with Crippen LogP contribution in [0.1, 0.15) is 18.1 Å². The molecular weight excluding hydrogens is 308 g/mol. The molecule has 1 heterocycles. The number of rotatable bonds is 3. The first-order valence-corrected chi connectivity index (χ1v) is 7.61. The number of hydrogen-bond donors (Lipinski definition) is 1. The molecule has 2 aromatic carbocycles. The lowest BCUT2D eigenvalue weighted by molar-refractivity contribution is -0.115. The second-order valence-corrected chi connectivity index (χ2v) is 5.63. The van der Waals surface area contributed by atoms with E-state index in [4.69, 9.17) is 11.6 Å². The number of benzene rings is 2. The Bertz CT molecular complexity index is 835. The molecule has 0 atom stereocenters. The van der Waals surface area contributed by atoms with Crippen LogP contribution in [-0.4, -0.2) is 11.7 Å². The van der Waals surface area contributed by atoms with E-state index >= 15 is 0 Å². The Kier molecular flexibility index (Phi) is 4.40. The Morgan fingerprint density at radius 2 is 1.78 bits per heavy atom. The van der Waals surface area contributed by atoms with Crippen molar-refractivity contribution in [3.05, 3.63) is 88.1 Å². The van der Waals surface area contributed by atoms with Crippen molar-refractivity contribution in [2.75, 3.05) is 0 Å². The monoisotopic (exact) mass is 322 g/mol. The quantitative estimate of drug-likeness (QED) is 0.845. The van der Waals surface area contributed by atoms with E-state index in [0.717, 1.165) is 16.7 Å². The van der Waals surface area contributed by atoms with Crippen molar-refractivity contribution in [2.45, 2.75) is 6.92 Å². The zero-order valence-corrected chi connectivity index (χ0v) is 13.3. The number of allylic oxidation sites excluding steroid dienone is 2. The zero-order valence-electron chi connectivity index (χ0n) is 12.6. The van der Waals surface area contributed by atoms with Gasteiger partial charge in [0.15, 0.2) is 0 Å². The predicted molar refractivity (Wildman–Crippen MR) is 94.3 cm³/mol. The molecule has 23 heavy (non-hydrogen) atoms. The average Bonchev–Trinajstić information content (AvgIpc) is 2.89. The van der Waals surface area contributed by atoms with Gasteiger partial charge >= 0.3 is 0 Å². The number of aliphatic imine (C=N–C) groups is 1. The van der Waals surface area contributed by atoms with Gasteiger partial charge in [0.25, 0.3) is 5.91 Å². The molecule has 4 heteroatoms. The Hall–Kier alpha value is -2.65. The second-order valence-electron chi connectivity index (χ2n) is 5.22. The van der Waals surface area contributed by atoms with Gasteiger partial charge in [0.2, 0.25) is 0 Å². The number of nitrogens with one attached hydrogen (secondary N) is 1. The van der Waals surface area contributed by atoms with Crippen molar-refractivity contribution >= 4 is 29.4 Å². The predicted octanol–water partition coefficient (Wildman–Crippen LogP) is 4.20. The summed E-state index contributed by atoms with van der Waals surface area (Å²) in [6.07, 6.45) is 3.77. The first-order valence-electron chi connectivity index (χ1n) is 7.23. The summed E-state index contributed by atoms with van der Waals surface area (Å²) in [7, 11) is 0. The Morgan fingerprint density at radius 1 is 1.09 bits per heavy atom. The Morgan fingerprint density at radius 3 is 2.52 bits per heavy atom. The molecule has 0 saturated heterocycles. The van der Waals surface area contributed by atoms with Gasteiger partial charge in [-0.25, -0.2) is 4.99 Å². The van der Waals surface area contributed by atoms with Crippen LogP contribution in [0.15, 0.2) is 76.9 Å². The molecule has 0 radical (unpaired) electrons. The smallest absolute Gasteiger partial charge is 0.275 e. The molecule has 0 bridgehead atoms. The van der Waals surface area contributed by atoms with Gasteiger partial charge in [-0.3, -0.25) is 4.79 Å². The number of hydrogen-bond acceptors (Lipinski definition) is 2. The maximum atomic E-state index is 12.1. The van der Waals surface area contributed by atoms with E-state index in [9.17, 15) is 4.79 Å². The number of nitrogens with zero attached hydrogens (tertiary/aromatic N) is 1. The molecule has 1 aliphatic rings. The summed E-state index contributed by atoms with van der Waals surface area (Å²) in [4.78, 5) is 16.5. The third-order valence-electron chi connectivity index (χ3n) is 3.38. The highest BCUT2D eigenvalue weighted by Crippen LogP contribution is 2.20. The minimum Gasteiger partial charge on any atom is -0.305 e. The highest BCUT2D eigenvalue weighted by atomic mass is 35.5. The van der Waals surface area contributed by atoms with Gasteiger partial charge in [-0.1, -0.05) is 60.1 Å². The summed E-state index contributed by atoms with van der Waals surface area (Å²) in [5, 5.41) is 3.32. The molecule has 0 fully saturated rings. The van der Waals surface area contributed by atoms with Crippen LogP contribution in [0.25, 0.3) is 6.08 Å². The molecule has 1 N–H and O–H groups in total. The number of carbonyl (C=O) groups excluding carboxylic acids is 1. The van der Waals surface area contributed by atoms with Crippen molar-refractivity contribution in [3.8, 4) is 0 Å². The summed E-state index contributed by atoms with van der Waals surface area (Å²) >= 11 is 6.15. The summed E-state index contributed by atoms with van der Waals surface area (Å²) in [6, 6.07) is 17.2.